The van der Waals surface area contributed by atoms with E-state index in [9.17, 15) is 14.7 Å². The number of hydrogen-bond acceptors (Lipinski definition) is 4. The Morgan fingerprint density at radius 1 is 1.58 bits per heavy atom. The molecule has 2 unspecified atom stereocenters. The lowest BCUT2D eigenvalue weighted by atomic mass is 10.1. The van der Waals surface area contributed by atoms with Crippen molar-refractivity contribution in [3.05, 3.63) is 29.3 Å². The highest BCUT2D eigenvalue weighted by Crippen LogP contribution is 2.23. The average molecular weight is 263 g/mol. The van der Waals surface area contributed by atoms with E-state index in [4.69, 9.17) is 5.73 Å². The summed E-state index contributed by atoms with van der Waals surface area (Å²) in [5.41, 5.74) is 7.66. The van der Waals surface area contributed by atoms with E-state index in [2.05, 4.69) is 10.6 Å². The molecule has 1 aliphatic heterocycles. The van der Waals surface area contributed by atoms with E-state index in [1.165, 1.54) is 0 Å². The molecule has 1 heterocycles. The Kier molecular flexibility index (Phi) is 3.82. The van der Waals surface area contributed by atoms with Crippen LogP contribution in [0, 0.1) is 0 Å². The van der Waals surface area contributed by atoms with E-state index in [-0.39, 0.29) is 18.4 Å². The van der Waals surface area contributed by atoms with Gasteiger partial charge in [0.1, 0.15) is 0 Å². The van der Waals surface area contributed by atoms with Gasteiger partial charge in [-0.15, -0.1) is 0 Å². The molecule has 0 saturated heterocycles. The van der Waals surface area contributed by atoms with Crippen molar-refractivity contribution in [2.75, 3.05) is 11.9 Å². The first kappa shape index (κ1) is 13.5. The van der Waals surface area contributed by atoms with Gasteiger partial charge in [0.15, 0.2) is 0 Å². The van der Waals surface area contributed by atoms with Gasteiger partial charge < -0.3 is 21.5 Å². The maximum absolute atomic E-state index is 11.9. The monoisotopic (exact) mass is 263 g/mol. The second-order valence-corrected chi connectivity index (χ2v) is 4.71. The van der Waals surface area contributed by atoms with E-state index in [0.717, 1.165) is 5.56 Å². The highest BCUT2D eigenvalue weighted by Gasteiger charge is 2.19. The van der Waals surface area contributed by atoms with Crippen molar-refractivity contribution in [2.24, 2.45) is 5.73 Å². The molecular weight excluding hydrogens is 246 g/mol. The first-order valence-electron chi connectivity index (χ1n) is 6.12. The molecule has 5 N–H and O–H groups in total. The molecule has 0 fully saturated rings. The highest BCUT2D eigenvalue weighted by molar-refractivity contribution is 6.02. The summed E-state index contributed by atoms with van der Waals surface area (Å²) in [5, 5.41) is 14.6. The molecule has 1 aromatic rings. The van der Waals surface area contributed by atoms with Crippen molar-refractivity contribution < 1.29 is 14.7 Å². The first-order chi connectivity index (χ1) is 8.97. The molecule has 0 saturated carbocycles. The smallest absolute Gasteiger partial charge is 0.251 e. The number of hydrogen-bond donors (Lipinski definition) is 4. The maximum Gasteiger partial charge on any atom is 0.251 e. The standard InChI is InChI=1S/C13H17N3O3/c1-7(17)10(14)6-15-13(19)9-3-2-8-5-12(18)16-11(8)4-9/h2-4,7,10,17H,5-6,14H2,1H3,(H,15,19)(H,16,18). The summed E-state index contributed by atoms with van der Waals surface area (Å²) in [4.78, 5) is 23.1. The molecule has 19 heavy (non-hydrogen) atoms. The van der Waals surface area contributed by atoms with Gasteiger partial charge in [-0.3, -0.25) is 9.59 Å². The van der Waals surface area contributed by atoms with Gasteiger partial charge in [-0.1, -0.05) is 6.07 Å². The average Bonchev–Trinajstić information content (AvgIpc) is 2.74. The predicted molar refractivity (Wildman–Crippen MR) is 70.8 cm³/mol. The van der Waals surface area contributed by atoms with Gasteiger partial charge in [0, 0.05) is 23.8 Å². The van der Waals surface area contributed by atoms with E-state index in [0.29, 0.717) is 17.7 Å². The molecule has 1 aliphatic rings. The third kappa shape index (κ3) is 3.10. The topological polar surface area (TPSA) is 104 Å². The first-order valence-corrected chi connectivity index (χ1v) is 6.12. The van der Waals surface area contributed by atoms with Crippen molar-refractivity contribution >= 4 is 17.5 Å². The largest absolute Gasteiger partial charge is 0.392 e. The summed E-state index contributed by atoms with van der Waals surface area (Å²) < 4.78 is 0. The summed E-state index contributed by atoms with van der Waals surface area (Å²) in [6, 6.07) is 4.57. The number of carbonyl (C=O) groups excluding carboxylic acids is 2. The van der Waals surface area contributed by atoms with E-state index >= 15 is 0 Å². The van der Waals surface area contributed by atoms with Crippen molar-refractivity contribution in [1.29, 1.82) is 0 Å². The quantitative estimate of drug-likeness (QED) is 0.594. The van der Waals surface area contributed by atoms with E-state index < -0.39 is 12.1 Å². The number of rotatable bonds is 4. The van der Waals surface area contributed by atoms with Crippen LogP contribution in [-0.2, 0) is 11.2 Å². The minimum Gasteiger partial charge on any atom is -0.392 e. The Balaban J connectivity index is 2.01. The number of amides is 2. The second-order valence-electron chi connectivity index (χ2n) is 4.71. The lowest BCUT2D eigenvalue weighted by molar-refractivity contribution is -0.115. The Hall–Kier alpha value is -1.92. The zero-order chi connectivity index (χ0) is 14.0. The van der Waals surface area contributed by atoms with Crippen molar-refractivity contribution in [2.45, 2.75) is 25.5 Å². The van der Waals surface area contributed by atoms with Crippen LogP contribution in [0.15, 0.2) is 18.2 Å². The number of aliphatic hydroxyl groups excluding tert-OH is 1. The Bertz CT molecular complexity index is 514. The predicted octanol–water partition coefficient (Wildman–Crippen LogP) is -0.381. The number of nitrogens with one attached hydrogen (secondary N) is 2. The fourth-order valence-corrected chi connectivity index (χ4v) is 1.84. The third-order valence-electron chi connectivity index (χ3n) is 3.12. The SMILES string of the molecule is CC(O)C(N)CNC(=O)c1ccc2c(c1)NC(=O)C2. The normalized spacial score (nSPS) is 16.5. The summed E-state index contributed by atoms with van der Waals surface area (Å²) >= 11 is 0. The van der Waals surface area contributed by atoms with Gasteiger partial charge in [0.05, 0.1) is 12.5 Å². The minimum atomic E-state index is -0.681. The van der Waals surface area contributed by atoms with Gasteiger partial charge in [-0.05, 0) is 24.6 Å². The molecule has 2 atom stereocenters. The van der Waals surface area contributed by atoms with Crippen LogP contribution in [-0.4, -0.2) is 35.6 Å². The number of anilines is 1. The van der Waals surface area contributed by atoms with Crippen molar-refractivity contribution in [3.8, 4) is 0 Å². The number of benzene rings is 1. The molecule has 1 aromatic carbocycles. The Morgan fingerprint density at radius 3 is 3.00 bits per heavy atom. The van der Waals surface area contributed by atoms with Gasteiger partial charge in [-0.2, -0.15) is 0 Å². The number of fused-ring (bicyclic) bond motifs is 1. The summed E-state index contributed by atoms with van der Waals surface area (Å²) in [6.07, 6.45) is -0.330. The van der Waals surface area contributed by atoms with Crippen LogP contribution < -0.4 is 16.4 Å². The molecular formula is C13H17N3O3. The molecule has 0 spiro atoms. The van der Waals surface area contributed by atoms with Crippen LogP contribution in [0.4, 0.5) is 5.69 Å². The third-order valence-corrected chi connectivity index (χ3v) is 3.12. The fourth-order valence-electron chi connectivity index (χ4n) is 1.84. The lowest BCUT2D eigenvalue weighted by Gasteiger charge is -2.15. The molecule has 0 bridgehead atoms. The Labute approximate surface area is 111 Å². The van der Waals surface area contributed by atoms with Gasteiger partial charge in [0.25, 0.3) is 5.91 Å². The molecule has 2 amide bonds. The number of nitrogens with two attached hydrogens (primary N) is 1. The number of carbonyl (C=O) groups is 2. The van der Waals surface area contributed by atoms with E-state index in [1.54, 1.807) is 25.1 Å². The minimum absolute atomic E-state index is 0.0660. The van der Waals surface area contributed by atoms with Gasteiger partial charge >= 0.3 is 0 Å². The van der Waals surface area contributed by atoms with Gasteiger partial charge in [0.2, 0.25) is 5.91 Å². The Morgan fingerprint density at radius 2 is 2.32 bits per heavy atom. The van der Waals surface area contributed by atoms with Crippen molar-refractivity contribution in [3.63, 3.8) is 0 Å². The zero-order valence-corrected chi connectivity index (χ0v) is 10.6. The highest BCUT2D eigenvalue weighted by atomic mass is 16.3. The zero-order valence-electron chi connectivity index (χ0n) is 10.6. The summed E-state index contributed by atoms with van der Waals surface area (Å²) in [5.74, 6) is -0.344. The molecule has 0 aromatic heterocycles. The van der Waals surface area contributed by atoms with Crippen LogP contribution in [0.2, 0.25) is 0 Å². The van der Waals surface area contributed by atoms with Crippen LogP contribution in [0.5, 0.6) is 0 Å². The molecule has 6 nitrogen and oxygen atoms in total. The maximum atomic E-state index is 11.9. The molecule has 6 heteroatoms. The molecule has 102 valence electrons. The van der Waals surface area contributed by atoms with Crippen molar-refractivity contribution in [1.82, 2.24) is 5.32 Å². The molecule has 0 radical (unpaired) electrons. The lowest BCUT2D eigenvalue weighted by Crippen LogP contribution is -2.43. The van der Waals surface area contributed by atoms with Crippen LogP contribution >= 0.6 is 0 Å². The van der Waals surface area contributed by atoms with Gasteiger partial charge in [-0.25, -0.2) is 0 Å². The van der Waals surface area contributed by atoms with E-state index in [1.807, 2.05) is 0 Å². The molecule has 2 rings (SSSR count). The van der Waals surface area contributed by atoms with Crippen LogP contribution in [0.3, 0.4) is 0 Å². The van der Waals surface area contributed by atoms with Crippen LogP contribution in [0.25, 0.3) is 0 Å². The summed E-state index contributed by atoms with van der Waals surface area (Å²) in [6.45, 7) is 1.77. The number of aliphatic hydroxyl groups is 1. The fraction of sp³-hybridized carbons (Fsp3) is 0.385. The van der Waals surface area contributed by atoms with Crippen LogP contribution in [0.1, 0.15) is 22.8 Å². The second kappa shape index (κ2) is 5.38. The summed E-state index contributed by atoms with van der Waals surface area (Å²) in [7, 11) is 0. The molecule has 0 aliphatic carbocycles.